The molecular weight excluding hydrogens is 410 g/mol. The predicted octanol–water partition coefficient (Wildman–Crippen LogP) is 4.23. The molecule has 0 bridgehead atoms. The van der Waals surface area contributed by atoms with E-state index in [1.807, 2.05) is 54.6 Å². The SMILES string of the molecule is CCN(CC)c1ccc(C=C2C(=N)N3N=C(COc4ccccc4)SC3=NC2=O)cc1. The van der Waals surface area contributed by atoms with E-state index >= 15 is 0 Å². The second kappa shape index (κ2) is 9.18. The van der Waals surface area contributed by atoms with Gasteiger partial charge >= 0.3 is 0 Å². The van der Waals surface area contributed by atoms with Gasteiger partial charge in [-0.2, -0.15) is 15.1 Å². The van der Waals surface area contributed by atoms with E-state index in [0.717, 1.165) is 30.1 Å². The minimum absolute atomic E-state index is 0.0185. The van der Waals surface area contributed by atoms with Crippen LogP contribution in [0.1, 0.15) is 19.4 Å². The lowest BCUT2D eigenvalue weighted by molar-refractivity contribution is -0.114. The first-order valence-corrected chi connectivity index (χ1v) is 10.9. The Balaban J connectivity index is 1.50. The Kier molecular flexibility index (Phi) is 6.18. The quantitative estimate of drug-likeness (QED) is 0.661. The van der Waals surface area contributed by atoms with E-state index < -0.39 is 5.91 Å². The van der Waals surface area contributed by atoms with Crippen LogP contribution in [-0.4, -0.2) is 46.7 Å². The number of fused-ring (bicyclic) bond motifs is 1. The maximum atomic E-state index is 12.6. The molecule has 0 saturated carbocycles. The van der Waals surface area contributed by atoms with Crippen LogP contribution >= 0.6 is 11.8 Å². The van der Waals surface area contributed by atoms with Crippen molar-refractivity contribution in [3.8, 4) is 5.75 Å². The summed E-state index contributed by atoms with van der Waals surface area (Å²) in [5, 5.41) is 15.3. The number of benzene rings is 2. The molecule has 1 amide bonds. The van der Waals surface area contributed by atoms with Gasteiger partial charge in [0, 0.05) is 18.8 Å². The summed E-state index contributed by atoms with van der Waals surface area (Å²) in [4.78, 5) is 19.0. The van der Waals surface area contributed by atoms with Crippen molar-refractivity contribution in [3.63, 3.8) is 0 Å². The van der Waals surface area contributed by atoms with Gasteiger partial charge in [-0.1, -0.05) is 30.3 Å². The molecule has 31 heavy (non-hydrogen) atoms. The van der Waals surface area contributed by atoms with Crippen LogP contribution in [0.25, 0.3) is 6.08 Å². The van der Waals surface area contributed by atoms with E-state index in [4.69, 9.17) is 10.1 Å². The molecule has 0 aromatic heterocycles. The number of nitrogens with one attached hydrogen (secondary N) is 1. The fourth-order valence-corrected chi connectivity index (χ4v) is 4.09. The molecule has 2 aromatic carbocycles. The molecule has 0 saturated heterocycles. The Bertz CT molecular complexity index is 1070. The smallest absolute Gasteiger partial charge is 0.283 e. The van der Waals surface area contributed by atoms with E-state index in [1.165, 1.54) is 16.8 Å². The van der Waals surface area contributed by atoms with Crippen molar-refractivity contribution in [2.24, 2.45) is 10.1 Å². The van der Waals surface area contributed by atoms with Gasteiger partial charge in [0.15, 0.2) is 5.84 Å². The molecule has 1 N–H and O–H groups in total. The highest BCUT2D eigenvalue weighted by Crippen LogP contribution is 2.29. The first-order chi connectivity index (χ1) is 15.1. The van der Waals surface area contributed by atoms with Gasteiger partial charge in [-0.05, 0) is 61.5 Å². The topological polar surface area (TPSA) is 81.3 Å². The van der Waals surface area contributed by atoms with Crippen molar-refractivity contribution in [2.75, 3.05) is 24.6 Å². The predicted molar refractivity (Wildman–Crippen MR) is 127 cm³/mol. The molecule has 2 heterocycles. The second-order valence-corrected chi connectivity index (χ2v) is 7.92. The van der Waals surface area contributed by atoms with Crippen LogP contribution in [0, 0.1) is 5.41 Å². The highest BCUT2D eigenvalue weighted by molar-refractivity contribution is 8.27. The molecular formula is C23H23N5O2S. The van der Waals surface area contributed by atoms with Gasteiger partial charge in [-0.25, -0.2) is 0 Å². The molecule has 8 heteroatoms. The number of para-hydroxylation sites is 1. The lowest BCUT2D eigenvalue weighted by Crippen LogP contribution is -2.35. The average Bonchev–Trinajstić information content (AvgIpc) is 3.21. The van der Waals surface area contributed by atoms with Crippen molar-refractivity contribution < 1.29 is 9.53 Å². The van der Waals surface area contributed by atoms with E-state index in [0.29, 0.717) is 10.2 Å². The summed E-state index contributed by atoms with van der Waals surface area (Å²) >= 11 is 1.25. The summed E-state index contributed by atoms with van der Waals surface area (Å²) in [6.45, 7) is 6.34. The highest BCUT2D eigenvalue weighted by Gasteiger charge is 2.35. The zero-order valence-electron chi connectivity index (χ0n) is 17.4. The molecule has 0 aliphatic carbocycles. The van der Waals surface area contributed by atoms with Crippen LogP contribution in [0.3, 0.4) is 0 Å². The number of anilines is 1. The van der Waals surface area contributed by atoms with Gasteiger partial charge in [0.2, 0.25) is 5.17 Å². The average molecular weight is 434 g/mol. The third-order valence-electron chi connectivity index (χ3n) is 4.93. The first-order valence-electron chi connectivity index (χ1n) is 10.1. The number of hydrazone groups is 1. The molecule has 4 rings (SSSR count). The minimum Gasteiger partial charge on any atom is -0.487 e. The minimum atomic E-state index is -0.433. The Morgan fingerprint density at radius 3 is 2.48 bits per heavy atom. The Morgan fingerprint density at radius 1 is 1.10 bits per heavy atom. The van der Waals surface area contributed by atoms with Gasteiger partial charge in [0.1, 0.15) is 17.4 Å². The molecule has 0 spiro atoms. The molecule has 0 unspecified atom stereocenters. The molecule has 2 aliphatic heterocycles. The normalized spacial score (nSPS) is 16.8. The summed E-state index contributed by atoms with van der Waals surface area (Å²) in [5.74, 6) is 0.319. The van der Waals surface area contributed by atoms with E-state index in [9.17, 15) is 4.79 Å². The summed E-state index contributed by atoms with van der Waals surface area (Å²) in [6.07, 6.45) is 1.69. The molecule has 2 aromatic rings. The van der Waals surface area contributed by atoms with Crippen LogP contribution in [0.2, 0.25) is 0 Å². The van der Waals surface area contributed by atoms with Gasteiger partial charge in [-0.3, -0.25) is 10.2 Å². The number of amidine groups is 2. The number of carbonyl (C=O) groups excluding carboxylic acids is 1. The van der Waals surface area contributed by atoms with Gasteiger partial charge < -0.3 is 9.64 Å². The number of rotatable bonds is 7. The Labute approximate surface area is 185 Å². The lowest BCUT2D eigenvalue weighted by atomic mass is 10.1. The number of nitrogens with zero attached hydrogens (tertiary/aromatic N) is 4. The van der Waals surface area contributed by atoms with E-state index in [-0.39, 0.29) is 18.0 Å². The summed E-state index contributed by atoms with van der Waals surface area (Å²) in [6, 6.07) is 17.4. The standard InChI is InChI=1S/C23H23N5O2S/c1-3-27(4-2)17-12-10-16(11-13-17)14-19-21(24)28-23(25-22(19)29)31-20(26-28)15-30-18-8-6-5-7-9-18/h5-14,24H,3-4,15H2,1-2H3. The van der Waals surface area contributed by atoms with Crippen LogP contribution in [0.15, 0.2) is 70.3 Å². The van der Waals surface area contributed by atoms with Crippen LogP contribution in [0.5, 0.6) is 5.75 Å². The molecule has 2 aliphatic rings. The molecule has 0 fully saturated rings. The van der Waals surface area contributed by atoms with Crippen molar-refractivity contribution in [1.82, 2.24) is 5.01 Å². The summed E-state index contributed by atoms with van der Waals surface area (Å²) < 4.78 is 5.72. The van der Waals surface area contributed by atoms with Crippen molar-refractivity contribution in [3.05, 3.63) is 65.7 Å². The van der Waals surface area contributed by atoms with Crippen LogP contribution in [-0.2, 0) is 4.79 Å². The van der Waals surface area contributed by atoms with Gasteiger partial charge in [0.25, 0.3) is 5.91 Å². The third-order valence-corrected chi connectivity index (χ3v) is 5.82. The second-order valence-electron chi connectivity index (χ2n) is 6.88. The molecule has 7 nitrogen and oxygen atoms in total. The summed E-state index contributed by atoms with van der Waals surface area (Å²) in [7, 11) is 0. The molecule has 158 valence electrons. The maximum absolute atomic E-state index is 12.6. The summed E-state index contributed by atoms with van der Waals surface area (Å²) in [5.41, 5.74) is 2.18. The third kappa shape index (κ3) is 4.54. The zero-order valence-corrected chi connectivity index (χ0v) is 18.2. The van der Waals surface area contributed by atoms with Crippen LogP contribution < -0.4 is 9.64 Å². The lowest BCUT2D eigenvalue weighted by Gasteiger charge is -2.21. The number of carbonyl (C=O) groups is 1. The fraction of sp³-hybridized carbons (Fsp3) is 0.217. The largest absolute Gasteiger partial charge is 0.487 e. The van der Waals surface area contributed by atoms with E-state index in [2.05, 4.69) is 28.8 Å². The Morgan fingerprint density at radius 2 is 1.81 bits per heavy atom. The number of aliphatic imine (C=N–C) groups is 1. The highest BCUT2D eigenvalue weighted by atomic mass is 32.2. The number of thioether (sulfide) groups is 1. The number of hydrogen-bond donors (Lipinski definition) is 1. The molecule has 0 atom stereocenters. The maximum Gasteiger partial charge on any atom is 0.283 e. The van der Waals surface area contributed by atoms with Gasteiger partial charge in [0.05, 0.1) is 5.57 Å². The van der Waals surface area contributed by atoms with Crippen molar-refractivity contribution >= 4 is 45.5 Å². The first kappa shape index (κ1) is 20.9. The van der Waals surface area contributed by atoms with Gasteiger partial charge in [-0.15, -0.1) is 0 Å². The fourth-order valence-electron chi connectivity index (χ4n) is 3.29. The zero-order chi connectivity index (χ0) is 21.8. The van der Waals surface area contributed by atoms with Crippen molar-refractivity contribution in [2.45, 2.75) is 13.8 Å². The monoisotopic (exact) mass is 433 g/mol. The molecule has 0 radical (unpaired) electrons. The number of ether oxygens (including phenoxy) is 1. The number of hydrogen-bond acceptors (Lipinski definition) is 6. The van der Waals surface area contributed by atoms with E-state index in [1.54, 1.807) is 6.08 Å². The van der Waals surface area contributed by atoms with Crippen molar-refractivity contribution in [1.29, 1.82) is 5.41 Å². The van der Waals surface area contributed by atoms with Crippen LogP contribution in [0.4, 0.5) is 5.69 Å². The Hall–Kier alpha value is -3.39. The number of amides is 1.